The molecule has 84 valence electrons. The quantitative estimate of drug-likeness (QED) is 0.304. The molecule has 0 heterocycles. The van der Waals surface area contributed by atoms with Crippen LogP contribution in [0.4, 0.5) is 0 Å². The van der Waals surface area contributed by atoms with Crippen LogP contribution in [0.3, 0.4) is 0 Å². The zero-order valence-electron chi connectivity index (χ0n) is 9.18. The lowest BCUT2D eigenvalue weighted by Crippen LogP contribution is -2.35. The Kier molecular flexibility index (Phi) is 6.23. The molecule has 0 aliphatic rings. The summed E-state index contributed by atoms with van der Waals surface area (Å²) in [4.78, 5) is -1.69. The van der Waals surface area contributed by atoms with Gasteiger partial charge in [0, 0.05) is 0 Å². The van der Waals surface area contributed by atoms with Gasteiger partial charge in [-0.1, -0.05) is 84.7 Å². The molecule has 0 amide bonds. The van der Waals surface area contributed by atoms with Crippen LogP contribution in [-0.2, 0) is 0 Å². The topological polar surface area (TPSA) is 0 Å². The summed E-state index contributed by atoms with van der Waals surface area (Å²) in [6.07, 6.45) is 5.24. The van der Waals surface area contributed by atoms with Crippen LogP contribution < -0.4 is 5.19 Å². The van der Waals surface area contributed by atoms with E-state index in [-0.39, 0.29) is 0 Å². The van der Waals surface area contributed by atoms with Crippen molar-refractivity contribution in [3.05, 3.63) is 30.3 Å². The van der Waals surface area contributed by atoms with Crippen LogP contribution in [0.5, 0.6) is 0 Å². The molecule has 0 aromatic heterocycles. The highest BCUT2D eigenvalue weighted by molar-refractivity contribution is 14.1. The van der Waals surface area contributed by atoms with E-state index in [0.717, 1.165) is 0 Å². The van der Waals surface area contributed by atoms with Gasteiger partial charge < -0.3 is 0 Å². The van der Waals surface area contributed by atoms with Gasteiger partial charge in [-0.3, -0.25) is 0 Å². The zero-order valence-corrected chi connectivity index (χ0v) is 13.1. The maximum absolute atomic E-state index is 6.67. The summed E-state index contributed by atoms with van der Waals surface area (Å²) in [6, 6.07) is 11.8. The Balaban J connectivity index is 2.45. The molecule has 3 heteroatoms. The van der Waals surface area contributed by atoms with E-state index in [2.05, 4.69) is 59.1 Å². The molecule has 1 rings (SSSR count). The Morgan fingerprint density at radius 3 is 2.40 bits per heavy atom. The minimum Gasteiger partial charge on any atom is -0.147 e. The van der Waals surface area contributed by atoms with E-state index in [1.807, 2.05) is 0 Å². The summed E-state index contributed by atoms with van der Waals surface area (Å²) < 4.78 is 0. The molecular weight excluding hydrogens is 335 g/mol. The molecule has 0 spiro atoms. The highest BCUT2D eigenvalue weighted by Crippen LogP contribution is 2.26. The first-order chi connectivity index (χ1) is 7.17. The number of benzene rings is 1. The normalized spacial score (nSPS) is 14.9. The lowest BCUT2D eigenvalue weighted by molar-refractivity contribution is 0.700. The molecule has 0 saturated heterocycles. The highest BCUT2D eigenvalue weighted by Gasteiger charge is 2.28. The number of hydrogen-bond acceptors (Lipinski definition) is 0. The monoisotopic (exact) mass is 352 g/mol. The molecular formula is C12H18ClISi. The summed E-state index contributed by atoms with van der Waals surface area (Å²) in [6.45, 7) is 2.24. The highest BCUT2D eigenvalue weighted by atomic mass is 127. The van der Waals surface area contributed by atoms with Crippen molar-refractivity contribution in [1.82, 2.24) is 0 Å². The molecule has 1 aromatic rings. The number of unbranched alkanes of at least 4 members (excludes halogenated alkanes) is 3. The lowest BCUT2D eigenvalue weighted by atomic mass is 10.2. The van der Waals surface area contributed by atoms with Crippen LogP contribution in [0.15, 0.2) is 30.3 Å². The standard InChI is InChI=1S/C12H18ClISi/c1-2-3-4-8-11-15(13,14)12-9-6-5-7-10-12/h5-7,9-10H,2-4,8,11H2,1H3. The van der Waals surface area contributed by atoms with Gasteiger partial charge in [-0.25, -0.2) is 0 Å². The van der Waals surface area contributed by atoms with E-state index < -0.39 is 4.88 Å². The lowest BCUT2D eigenvalue weighted by Gasteiger charge is -2.17. The largest absolute Gasteiger partial charge is 0.251 e. The van der Waals surface area contributed by atoms with E-state index in [4.69, 9.17) is 11.1 Å². The fourth-order valence-electron chi connectivity index (χ4n) is 1.60. The molecule has 0 nitrogen and oxygen atoms in total. The predicted octanol–water partition coefficient (Wildman–Crippen LogP) is 4.59. The third-order valence-electron chi connectivity index (χ3n) is 2.54. The van der Waals surface area contributed by atoms with Crippen molar-refractivity contribution in [3.8, 4) is 0 Å². The van der Waals surface area contributed by atoms with Gasteiger partial charge in [0.15, 0.2) is 0 Å². The molecule has 0 bridgehead atoms. The van der Waals surface area contributed by atoms with Crippen LogP contribution >= 0.6 is 32.9 Å². The van der Waals surface area contributed by atoms with Crippen molar-refractivity contribution in [2.45, 2.75) is 38.7 Å². The van der Waals surface area contributed by atoms with Gasteiger partial charge in [0.25, 0.3) is 4.88 Å². The second kappa shape index (κ2) is 6.92. The van der Waals surface area contributed by atoms with Gasteiger partial charge in [0.2, 0.25) is 0 Å². The van der Waals surface area contributed by atoms with Gasteiger partial charge in [0.05, 0.1) is 0 Å². The zero-order chi connectivity index (χ0) is 11.1. The van der Waals surface area contributed by atoms with Gasteiger partial charge in [-0.15, -0.1) is 11.1 Å². The van der Waals surface area contributed by atoms with Crippen molar-refractivity contribution >= 4 is 42.9 Å². The number of halogens is 2. The Morgan fingerprint density at radius 1 is 1.13 bits per heavy atom. The van der Waals surface area contributed by atoms with Gasteiger partial charge >= 0.3 is 0 Å². The van der Waals surface area contributed by atoms with Gasteiger partial charge in [0.1, 0.15) is 0 Å². The maximum atomic E-state index is 6.67. The fourth-order valence-corrected chi connectivity index (χ4v) is 6.26. The van der Waals surface area contributed by atoms with E-state index in [9.17, 15) is 0 Å². The second-order valence-corrected chi connectivity index (χ2v) is 15.7. The van der Waals surface area contributed by atoms with Crippen molar-refractivity contribution in [3.63, 3.8) is 0 Å². The second-order valence-electron chi connectivity index (χ2n) is 3.88. The molecule has 0 aliphatic heterocycles. The first-order valence-electron chi connectivity index (χ1n) is 5.60. The van der Waals surface area contributed by atoms with Gasteiger partial charge in [-0.05, 0) is 11.2 Å². The van der Waals surface area contributed by atoms with Gasteiger partial charge in [-0.2, -0.15) is 0 Å². The first kappa shape index (κ1) is 13.5. The minimum absolute atomic E-state index is 1.19. The van der Waals surface area contributed by atoms with E-state index in [1.165, 1.54) is 36.9 Å². The molecule has 1 unspecified atom stereocenters. The Morgan fingerprint density at radius 2 is 1.80 bits per heavy atom. The van der Waals surface area contributed by atoms with Crippen molar-refractivity contribution in [1.29, 1.82) is 0 Å². The molecule has 1 atom stereocenters. The fraction of sp³-hybridized carbons (Fsp3) is 0.500. The van der Waals surface area contributed by atoms with Crippen LogP contribution in [0.1, 0.15) is 32.6 Å². The molecule has 1 aromatic carbocycles. The van der Waals surface area contributed by atoms with Crippen molar-refractivity contribution < 1.29 is 0 Å². The molecule has 0 radical (unpaired) electrons. The van der Waals surface area contributed by atoms with Crippen molar-refractivity contribution in [2.24, 2.45) is 0 Å². The molecule has 0 saturated carbocycles. The predicted molar refractivity (Wildman–Crippen MR) is 80.7 cm³/mol. The SMILES string of the molecule is CCCCCC[Si](Cl)(I)c1ccccc1. The van der Waals surface area contributed by atoms with Crippen molar-refractivity contribution in [2.75, 3.05) is 0 Å². The summed E-state index contributed by atoms with van der Waals surface area (Å²) >= 11 is 9.16. The average molecular weight is 353 g/mol. The molecule has 15 heavy (non-hydrogen) atoms. The Hall–Kier alpha value is 0.457. The average Bonchev–Trinajstić information content (AvgIpc) is 2.26. The number of rotatable bonds is 6. The molecule has 0 N–H and O–H groups in total. The van der Waals surface area contributed by atoms with Crippen LogP contribution in [0.25, 0.3) is 0 Å². The smallest absolute Gasteiger partial charge is 0.147 e. The first-order valence-corrected chi connectivity index (χ1v) is 11.9. The summed E-state index contributed by atoms with van der Waals surface area (Å²) in [5, 5.41) is 1.36. The Bertz CT molecular complexity index is 274. The van der Waals surface area contributed by atoms with E-state index >= 15 is 0 Å². The van der Waals surface area contributed by atoms with Crippen LogP contribution in [0, 0.1) is 0 Å². The Labute approximate surface area is 111 Å². The third-order valence-corrected chi connectivity index (χ3v) is 9.41. The third kappa shape index (κ3) is 4.87. The van der Waals surface area contributed by atoms with E-state index in [1.54, 1.807) is 0 Å². The molecule has 0 fully saturated rings. The summed E-state index contributed by atoms with van der Waals surface area (Å²) in [5.74, 6) is 0. The maximum Gasteiger partial charge on any atom is 0.251 e. The van der Waals surface area contributed by atoms with E-state index in [0.29, 0.717) is 0 Å². The summed E-state index contributed by atoms with van der Waals surface area (Å²) in [7, 11) is 0. The minimum atomic E-state index is -1.69. The van der Waals surface area contributed by atoms with Crippen LogP contribution in [0.2, 0.25) is 6.04 Å². The number of hydrogen-bond donors (Lipinski definition) is 0. The van der Waals surface area contributed by atoms with Crippen LogP contribution in [-0.4, -0.2) is 4.88 Å². The molecule has 0 aliphatic carbocycles. The summed E-state index contributed by atoms with van der Waals surface area (Å²) in [5.41, 5.74) is 0.